The molecule has 2 aromatic rings. The third-order valence-electron chi connectivity index (χ3n) is 2.48. The molecule has 0 fully saturated rings. The topological polar surface area (TPSA) is 52.4 Å². The molecule has 0 saturated carbocycles. The molecule has 2 rings (SSSR count). The number of non-ortho nitro benzene ring substituents is 1. The zero-order valence-electron chi connectivity index (χ0n) is 10.6. The van der Waals surface area contributed by atoms with E-state index in [2.05, 4.69) is 0 Å². The second kappa shape index (κ2) is 7.47. The molecule has 0 saturated heterocycles. The van der Waals surface area contributed by atoms with Crippen molar-refractivity contribution in [3.8, 4) is 0 Å². The van der Waals surface area contributed by atoms with E-state index >= 15 is 0 Å². The van der Waals surface area contributed by atoms with Crippen LogP contribution in [0.15, 0.2) is 65.6 Å². The smallest absolute Gasteiger partial charge is 0.269 e. The minimum absolute atomic E-state index is 0.0818. The van der Waals surface area contributed by atoms with Crippen LogP contribution in [0.5, 0.6) is 0 Å². The number of hydrogen-bond donors (Lipinski definition) is 0. The van der Waals surface area contributed by atoms with Gasteiger partial charge in [-0.3, -0.25) is 10.1 Å². The first kappa shape index (κ1) is 14.3. The van der Waals surface area contributed by atoms with E-state index in [9.17, 15) is 10.1 Å². The van der Waals surface area contributed by atoms with Crippen LogP contribution in [0.1, 0.15) is 5.56 Å². The molecule has 0 spiro atoms. The summed E-state index contributed by atoms with van der Waals surface area (Å²) in [7, 11) is 0. The van der Waals surface area contributed by atoms with Crippen LogP contribution >= 0.6 is 12.0 Å². The van der Waals surface area contributed by atoms with E-state index in [0.717, 1.165) is 10.5 Å². The fourth-order valence-corrected chi connectivity index (χ4v) is 2.04. The Labute approximate surface area is 121 Å². The van der Waals surface area contributed by atoms with E-state index in [4.69, 9.17) is 4.18 Å². The van der Waals surface area contributed by atoms with Crippen LogP contribution in [-0.4, -0.2) is 11.5 Å². The zero-order valence-corrected chi connectivity index (χ0v) is 11.5. The summed E-state index contributed by atoms with van der Waals surface area (Å²) in [5, 5.41) is 10.5. The molecular formula is C15H13NO3S. The average Bonchev–Trinajstić information content (AvgIpc) is 2.48. The van der Waals surface area contributed by atoms with Crippen molar-refractivity contribution in [3.63, 3.8) is 0 Å². The Bertz CT molecular complexity index is 582. The summed E-state index contributed by atoms with van der Waals surface area (Å²) in [5.74, 6) is 0. The van der Waals surface area contributed by atoms with Gasteiger partial charge >= 0.3 is 0 Å². The van der Waals surface area contributed by atoms with Gasteiger partial charge in [0.05, 0.1) is 11.5 Å². The third-order valence-corrected chi connectivity index (χ3v) is 3.20. The maximum Gasteiger partial charge on any atom is 0.269 e. The van der Waals surface area contributed by atoms with Crippen LogP contribution in [0, 0.1) is 10.1 Å². The summed E-state index contributed by atoms with van der Waals surface area (Å²) in [6.45, 7) is 0.469. The summed E-state index contributed by atoms with van der Waals surface area (Å²) < 4.78 is 5.40. The molecule has 0 aliphatic heterocycles. The van der Waals surface area contributed by atoms with Crippen LogP contribution in [0.25, 0.3) is 6.08 Å². The molecule has 0 aromatic heterocycles. The number of benzene rings is 2. The van der Waals surface area contributed by atoms with Crippen LogP contribution < -0.4 is 0 Å². The minimum atomic E-state index is -0.419. The van der Waals surface area contributed by atoms with E-state index in [0.29, 0.717) is 6.61 Å². The van der Waals surface area contributed by atoms with Gasteiger partial charge in [-0.05, 0) is 17.7 Å². The highest BCUT2D eigenvalue weighted by molar-refractivity contribution is 7.94. The van der Waals surface area contributed by atoms with Crippen molar-refractivity contribution >= 4 is 23.8 Å². The summed E-state index contributed by atoms with van der Waals surface area (Å²) >= 11 is 1.20. The lowest BCUT2D eigenvalue weighted by Crippen LogP contribution is -1.87. The molecule has 102 valence electrons. The Morgan fingerprint density at radius 3 is 2.45 bits per heavy atom. The van der Waals surface area contributed by atoms with Gasteiger partial charge in [0.2, 0.25) is 0 Å². The van der Waals surface area contributed by atoms with Gasteiger partial charge in [-0.1, -0.05) is 42.5 Å². The average molecular weight is 287 g/mol. The number of hydrogen-bond acceptors (Lipinski definition) is 4. The standard InChI is InChI=1S/C15H13NO3S/c17-16(18)14-8-10-15(11-9-14)20-19-12-4-7-13-5-2-1-3-6-13/h1-11H,12H2/b7-4+. The molecule has 0 radical (unpaired) electrons. The lowest BCUT2D eigenvalue weighted by Gasteiger charge is -1.99. The molecule has 5 heteroatoms. The van der Waals surface area contributed by atoms with Crippen LogP contribution in [0.4, 0.5) is 5.69 Å². The van der Waals surface area contributed by atoms with Crippen LogP contribution in [0.3, 0.4) is 0 Å². The maximum absolute atomic E-state index is 10.5. The Morgan fingerprint density at radius 1 is 1.10 bits per heavy atom. The Kier molecular flexibility index (Phi) is 5.34. The monoisotopic (exact) mass is 287 g/mol. The second-order valence-corrected chi connectivity index (χ2v) is 4.81. The predicted octanol–water partition coefficient (Wildman–Crippen LogP) is 4.33. The molecule has 0 atom stereocenters. The van der Waals surface area contributed by atoms with Gasteiger partial charge in [0.15, 0.2) is 0 Å². The quantitative estimate of drug-likeness (QED) is 0.343. The van der Waals surface area contributed by atoms with Crippen molar-refractivity contribution in [1.29, 1.82) is 0 Å². The van der Waals surface area contributed by atoms with Crippen LogP contribution in [-0.2, 0) is 4.18 Å². The van der Waals surface area contributed by atoms with Gasteiger partial charge < -0.3 is 4.18 Å². The maximum atomic E-state index is 10.5. The first-order chi connectivity index (χ1) is 9.75. The highest BCUT2D eigenvalue weighted by atomic mass is 32.2. The summed E-state index contributed by atoms with van der Waals surface area (Å²) in [5.41, 5.74) is 1.20. The number of nitro benzene ring substituents is 1. The molecule has 0 aliphatic rings. The third kappa shape index (κ3) is 4.53. The van der Waals surface area contributed by atoms with E-state index in [-0.39, 0.29) is 5.69 Å². The van der Waals surface area contributed by atoms with Gasteiger partial charge in [-0.25, -0.2) is 0 Å². The van der Waals surface area contributed by atoms with E-state index < -0.39 is 4.92 Å². The molecule has 0 N–H and O–H groups in total. The summed E-state index contributed by atoms with van der Waals surface area (Å²) in [6.07, 6.45) is 3.91. The van der Waals surface area contributed by atoms with Crippen molar-refractivity contribution < 1.29 is 9.11 Å². The van der Waals surface area contributed by atoms with Gasteiger partial charge in [-0.15, -0.1) is 0 Å². The number of nitrogens with zero attached hydrogens (tertiary/aromatic N) is 1. The molecule has 0 bridgehead atoms. The lowest BCUT2D eigenvalue weighted by molar-refractivity contribution is -0.384. The molecule has 4 nitrogen and oxygen atoms in total. The highest BCUT2D eigenvalue weighted by Gasteiger charge is 2.03. The Morgan fingerprint density at radius 2 is 1.80 bits per heavy atom. The van der Waals surface area contributed by atoms with Gasteiger partial charge in [-0.2, -0.15) is 0 Å². The SMILES string of the molecule is O=[N+]([O-])c1ccc(SOC/C=C/c2ccccc2)cc1. The number of rotatable bonds is 6. The van der Waals surface area contributed by atoms with Gasteiger partial charge in [0.1, 0.15) is 0 Å². The van der Waals surface area contributed by atoms with Crippen molar-refractivity contribution in [1.82, 2.24) is 0 Å². The predicted molar refractivity (Wildman–Crippen MR) is 80.4 cm³/mol. The van der Waals surface area contributed by atoms with Gasteiger partial charge in [0.25, 0.3) is 5.69 Å². The van der Waals surface area contributed by atoms with Crippen molar-refractivity contribution in [2.45, 2.75) is 4.90 Å². The molecule has 0 aliphatic carbocycles. The molecule has 0 unspecified atom stereocenters. The lowest BCUT2D eigenvalue weighted by atomic mass is 10.2. The molecule has 0 heterocycles. The van der Waals surface area contributed by atoms with E-state index in [1.165, 1.54) is 24.2 Å². The molecule has 2 aromatic carbocycles. The van der Waals surface area contributed by atoms with E-state index in [1.807, 2.05) is 42.5 Å². The zero-order chi connectivity index (χ0) is 14.2. The highest BCUT2D eigenvalue weighted by Crippen LogP contribution is 2.22. The first-order valence-corrected chi connectivity index (χ1v) is 6.75. The van der Waals surface area contributed by atoms with Crippen molar-refractivity contribution in [2.75, 3.05) is 6.61 Å². The van der Waals surface area contributed by atoms with Crippen molar-refractivity contribution in [3.05, 3.63) is 76.4 Å². The summed E-state index contributed by atoms with van der Waals surface area (Å²) in [4.78, 5) is 10.9. The minimum Gasteiger partial charge on any atom is -0.306 e. The van der Waals surface area contributed by atoms with E-state index in [1.54, 1.807) is 12.1 Å². The second-order valence-electron chi connectivity index (χ2n) is 3.93. The fourth-order valence-electron chi connectivity index (χ4n) is 1.51. The molecular weight excluding hydrogens is 274 g/mol. The fraction of sp³-hybridized carbons (Fsp3) is 0.0667. The van der Waals surface area contributed by atoms with Gasteiger partial charge in [0, 0.05) is 29.1 Å². The number of nitro groups is 1. The first-order valence-electron chi connectivity index (χ1n) is 6.01. The Hall–Kier alpha value is -2.11. The summed E-state index contributed by atoms with van der Waals surface area (Å²) in [6, 6.07) is 16.2. The van der Waals surface area contributed by atoms with Crippen molar-refractivity contribution in [2.24, 2.45) is 0 Å². The normalized spacial score (nSPS) is 10.8. The molecule has 0 amide bonds. The Balaban J connectivity index is 1.76. The van der Waals surface area contributed by atoms with Crippen LogP contribution in [0.2, 0.25) is 0 Å². The molecule has 20 heavy (non-hydrogen) atoms. The largest absolute Gasteiger partial charge is 0.306 e.